The van der Waals surface area contributed by atoms with Crippen LogP contribution in [0, 0.1) is 10.9 Å². The number of nitrogens with one attached hydrogen (secondary N) is 1. The maximum absolute atomic E-state index is 5.08. The van der Waals surface area contributed by atoms with Crippen LogP contribution in [0.15, 0.2) is 4.42 Å². The summed E-state index contributed by atoms with van der Waals surface area (Å²) < 4.78 is 5.08. The van der Waals surface area contributed by atoms with Gasteiger partial charge >= 0.3 is 0 Å². The van der Waals surface area contributed by atoms with Crippen molar-refractivity contribution in [3.63, 3.8) is 0 Å². The molecule has 0 spiro atoms. The lowest BCUT2D eigenvalue weighted by Crippen LogP contribution is -2.02. The van der Waals surface area contributed by atoms with Gasteiger partial charge in [0.1, 0.15) is 5.35 Å². The maximum atomic E-state index is 5.08. The minimum Gasteiger partial charge on any atom is -0.435 e. The van der Waals surface area contributed by atoms with Gasteiger partial charge in [0.2, 0.25) is 10.9 Å². The Labute approximate surface area is 55.5 Å². The predicted octanol–water partition coefficient (Wildman–Crippen LogP) is -1.06. The summed E-state index contributed by atoms with van der Waals surface area (Å²) in [5, 5.41) is 7.96. The summed E-state index contributed by atoms with van der Waals surface area (Å²) >= 11 is 0. The molecule has 0 fully saturated rings. The van der Waals surface area contributed by atoms with Crippen LogP contribution in [0.3, 0.4) is 0 Å². The molecule has 2 aliphatic rings. The van der Waals surface area contributed by atoms with Gasteiger partial charge in [0.15, 0.2) is 5.55 Å². The molecule has 4 nitrogen and oxygen atoms in total. The minimum atomic E-state index is 0.477. The van der Waals surface area contributed by atoms with E-state index in [1.807, 2.05) is 0 Å². The van der Waals surface area contributed by atoms with E-state index in [-0.39, 0.29) is 0 Å². The smallest absolute Gasteiger partial charge is 0.200 e. The van der Waals surface area contributed by atoms with Gasteiger partial charge in [0.05, 0.1) is 0 Å². The van der Waals surface area contributed by atoms with E-state index in [9.17, 15) is 0 Å². The van der Waals surface area contributed by atoms with Crippen LogP contribution in [0.25, 0.3) is 13.2 Å². The van der Waals surface area contributed by atoms with Crippen LogP contribution >= 0.6 is 0 Å². The molecule has 0 amide bonds. The lowest BCUT2D eigenvalue weighted by Gasteiger charge is -1.67. The fourth-order valence-corrected chi connectivity index (χ4v) is 0.808. The topological polar surface area (TPSA) is 54.7 Å². The Balaban J connectivity index is 3.27. The van der Waals surface area contributed by atoms with Crippen molar-refractivity contribution in [1.29, 1.82) is 0 Å². The average Bonchev–Trinajstić information content (AvgIpc) is 2.35. The number of hydrogen-bond acceptors (Lipinski definition) is 3. The average molecular weight is 135 g/mol. The predicted molar refractivity (Wildman–Crippen MR) is 34.2 cm³/mol. The van der Waals surface area contributed by atoms with Crippen molar-refractivity contribution in [1.82, 2.24) is 15.2 Å². The van der Waals surface area contributed by atoms with Crippen molar-refractivity contribution in [3.8, 4) is 0 Å². The normalized spacial score (nSPS) is 10.8. The van der Waals surface area contributed by atoms with Gasteiger partial charge in [0.25, 0.3) is 0 Å². The van der Waals surface area contributed by atoms with E-state index >= 15 is 0 Å². The Bertz CT molecular complexity index is 494. The van der Waals surface area contributed by atoms with E-state index < -0.39 is 0 Å². The number of rotatable bonds is 0. The van der Waals surface area contributed by atoms with Gasteiger partial charge in [-0.3, -0.25) is 0 Å². The van der Waals surface area contributed by atoms with Crippen LogP contribution in [-0.4, -0.2) is 15.2 Å². The largest absolute Gasteiger partial charge is 0.435 e. The molecule has 2 aliphatic heterocycles. The molecule has 0 atom stereocenters. The first-order valence-electron chi connectivity index (χ1n) is 2.76. The molecule has 4 heteroatoms. The third-order valence-corrected chi connectivity index (χ3v) is 1.23. The van der Waals surface area contributed by atoms with E-state index in [1.165, 1.54) is 0 Å². The van der Waals surface area contributed by atoms with Crippen molar-refractivity contribution >= 4 is 13.2 Å². The SMILES string of the molecule is C=c1[nH]c2nnc(=C)c=2o1. The quantitative estimate of drug-likeness (QED) is 0.501. The van der Waals surface area contributed by atoms with E-state index in [0.717, 1.165) is 0 Å². The van der Waals surface area contributed by atoms with Crippen LogP contribution < -0.4 is 10.9 Å². The fourth-order valence-electron chi connectivity index (χ4n) is 0.808. The summed E-state index contributed by atoms with van der Waals surface area (Å²) in [6, 6.07) is 0. The first-order valence-corrected chi connectivity index (χ1v) is 2.76. The van der Waals surface area contributed by atoms with Crippen molar-refractivity contribution in [2.75, 3.05) is 0 Å². The lowest BCUT2D eigenvalue weighted by molar-refractivity contribution is 0.490. The van der Waals surface area contributed by atoms with Crippen LogP contribution in [0.5, 0.6) is 0 Å². The molecule has 0 bridgehead atoms. The molecular weight excluding hydrogens is 130 g/mol. The van der Waals surface area contributed by atoms with Gasteiger partial charge in [-0.1, -0.05) is 6.58 Å². The summed E-state index contributed by atoms with van der Waals surface area (Å²) in [6.45, 7) is 7.16. The van der Waals surface area contributed by atoms with E-state index in [1.54, 1.807) is 0 Å². The van der Waals surface area contributed by atoms with Crippen molar-refractivity contribution in [2.45, 2.75) is 0 Å². The second kappa shape index (κ2) is 1.47. The summed E-state index contributed by atoms with van der Waals surface area (Å²) in [5.41, 5.74) is 1.67. The Morgan fingerprint density at radius 2 is 2.10 bits per heavy atom. The van der Waals surface area contributed by atoms with Crippen LogP contribution in [0.1, 0.15) is 0 Å². The number of aromatic nitrogens is 3. The highest BCUT2D eigenvalue weighted by Gasteiger charge is 1.96. The lowest BCUT2D eigenvalue weighted by atomic mass is 10.6. The second-order valence-electron chi connectivity index (χ2n) is 1.97. The molecule has 2 rings (SSSR count). The number of aromatic amines is 1. The van der Waals surface area contributed by atoms with Crippen LogP contribution in [0.2, 0.25) is 0 Å². The van der Waals surface area contributed by atoms with Gasteiger partial charge in [-0.15, -0.1) is 10.2 Å². The minimum absolute atomic E-state index is 0.477. The Morgan fingerprint density at radius 1 is 1.30 bits per heavy atom. The molecule has 0 saturated heterocycles. The molecule has 0 aromatic rings. The van der Waals surface area contributed by atoms with Gasteiger partial charge < -0.3 is 9.40 Å². The van der Waals surface area contributed by atoms with Gasteiger partial charge in [-0.25, -0.2) is 0 Å². The first-order chi connectivity index (χ1) is 4.77. The maximum Gasteiger partial charge on any atom is 0.200 e. The fraction of sp³-hybridized carbons (Fsp3) is 0. The summed E-state index contributed by atoms with van der Waals surface area (Å²) in [7, 11) is 0. The van der Waals surface area contributed by atoms with E-state index in [4.69, 9.17) is 4.42 Å². The molecule has 0 aliphatic carbocycles. The highest BCUT2D eigenvalue weighted by atomic mass is 16.3. The Morgan fingerprint density at radius 3 is 2.80 bits per heavy atom. The Hall–Kier alpha value is -1.58. The zero-order valence-corrected chi connectivity index (χ0v) is 5.22. The third-order valence-electron chi connectivity index (χ3n) is 1.23. The van der Waals surface area contributed by atoms with Gasteiger partial charge in [-0.2, -0.15) is 0 Å². The number of nitrogens with zero attached hydrogens (tertiary/aromatic N) is 2. The molecule has 0 saturated carbocycles. The van der Waals surface area contributed by atoms with Crippen LogP contribution in [-0.2, 0) is 0 Å². The molecule has 50 valence electrons. The first kappa shape index (κ1) is 5.22. The zero-order chi connectivity index (χ0) is 7.14. The standard InChI is InChI=1S/C6H5N3O/c1-3-5-6(9-8-3)7-4(2)10-5/h7H,1-2H2. The van der Waals surface area contributed by atoms with Crippen molar-refractivity contribution < 1.29 is 4.42 Å². The molecule has 0 aromatic heterocycles. The molecule has 2 heterocycles. The van der Waals surface area contributed by atoms with E-state index in [2.05, 4.69) is 28.3 Å². The van der Waals surface area contributed by atoms with Gasteiger partial charge in [-0.05, 0) is 6.58 Å². The number of H-pyrrole nitrogens is 1. The number of hydrogen-bond donors (Lipinski definition) is 1. The third kappa shape index (κ3) is 0.500. The highest BCUT2D eigenvalue weighted by Crippen LogP contribution is 1.77. The second-order valence-corrected chi connectivity index (χ2v) is 1.97. The molecule has 0 unspecified atom stereocenters. The van der Waals surface area contributed by atoms with E-state index in [0.29, 0.717) is 21.8 Å². The summed E-state index contributed by atoms with van der Waals surface area (Å²) in [4.78, 5) is 2.79. The zero-order valence-electron chi connectivity index (χ0n) is 5.22. The van der Waals surface area contributed by atoms with Crippen molar-refractivity contribution in [2.24, 2.45) is 0 Å². The molecule has 0 radical (unpaired) electrons. The summed E-state index contributed by atoms with van der Waals surface area (Å²) in [6.07, 6.45) is 0. The molecule has 1 N–H and O–H groups in total. The van der Waals surface area contributed by atoms with Crippen LogP contribution in [0.4, 0.5) is 0 Å². The summed E-state index contributed by atoms with van der Waals surface area (Å²) in [5.74, 6) is 0. The van der Waals surface area contributed by atoms with Crippen molar-refractivity contribution in [3.05, 3.63) is 21.8 Å². The highest BCUT2D eigenvalue weighted by molar-refractivity contribution is 4.96. The molecule has 0 aromatic carbocycles. The molecule has 10 heavy (non-hydrogen) atoms. The van der Waals surface area contributed by atoms with Gasteiger partial charge in [0, 0.05) is 0 Å². The Kier molecular flexibility index (Phi) is 0.768. The molecular formula is C6H5N3O. The monoisotopic (exact) mass is 135 g/mol.